The Kier molecular flexibility index (Phi) is 5.28. The van der Waals surface area contributed by atoms with Crippen molar-refractivity contribution in [1.82, 2.24) is 14.8 Å². The normalized spacial score (nSPS) is 17.1. The minimum absolute atomic E-state index is 0.155. The number of benzene rings is 2. The monoisotopic (exact) mass is 422 g/mol. The predicted octanol–water partition coefficient (Wildman–Crippen LogP) is 3.02. The van der Waals surface area contributed by atoms with Gasteiger partial charge in [0.15, 0.2) is 0 Å². The fourth-order valence-corrected chi connectivity index (χ4v) is 4.68. The van der Waals surface area contributed by atoms with Crippen LogP contribution in [0.1, 0.15) is 11.3 Å². The molecule has 0 saturated carbocycles. The lowest BCUT2D eigenvalue weighted by molar-refractivity contribution is -0.133. The van der Waals surface area contributed by atoms with Crippen LogP contribution in [0.2, 0.25) is 0 Å². The minimum atomic E-state index is -0.188. The number of carbonyl (C=O) groups is 1. The number of aromatic nitrogens is 1. The van der Waals surface area contributed by atoms with Gasteiger partial charge in [-0.25, -0.2) is 4.39 Å². The molecule has 0 spiro atoms. The molecule has 2 aromatic carbocycles. The molecule has 5 rings (SSSR count). The van der Waals surface area contributed by atoms with Crippen LogP contribution in [0.25, 0.3) is 10.9 Å². The molecule has 6 nitrogen and oxygen atoms in total. The number of piperazine rings is 1. The number of rotatable bonds is 4. The van der Waals surface area contributed by atoms with E-state index in [0.29, 0.717) is 18.8 Å². The first-order valence-corrected chi connectivity index (χ1v) is 10.8. The topological polar surface area (TPSA) is 51.8 Å². The maximum Gasteiger partial charge on any atom is 0.237 e. The summed E-state index contributed by atoms with van der Waals surface area (Å²) in [6, 6.07) is 12.9. The molecule has 3 heterocycles. The Morgan fingerprint density at radius 1 is 1.10 bits per heavy atom. The first-order valence-electron chi connectivity index (χ1n) is 10.8. The molecule has 0 bridgehead atoms. The van der Waals surface area contributed by atoms with Gasteiger partial charge in [0.1, 0.15) is 11.6 Å². The number of hydrogen-bond donors (Lipinski definition) is 1. The summed E-state index contributed by atoms with van der Waals surface area (Å²) in [7, 11) is 1.67. The van der Waals surface area contributed by atoms with Crippen LogP contribution in [0.4, 0.5) is 10.1 Å². The van der Waals surface area contributed by atoms with Gasteiger partial charge >= 0.3 is 0 Å². The highest BCUT2D eigenvalue weighted by atomic mass is 19.1. The van der Waals surface area contributed by atoms with Gasteiger partial charge < -0.3 is 19.5 Å². The molecule has 1 saturated heterocycles. The molecule has 1 fully saturated rings. The van der Waals surface area contributed by atoms with E-state index in [4.69, 9.17) is 4.74 Å². The van der Waals surface area contributed by atoms with Crippen LogP contribution in [0, 0.1) is 5.82 Å². The fraction of sp³-hybridized carbons (Fsp3) is 0.375. The summed E-state index contributed by atoms with van der Waals surface area (Å²) in [6.45, 7) is 4.71. The average Bonchev–Trinajstić information content (AvgIpc) is 3.17. The lowest BCUT2D eigenvalue weighted by Crippen LogP contribution is -2.50. The van der Waals surface area contributed by atoms with E-state index >= 15 is 0 Å². The maximum absolute atomic E-state index is 14.1. The Labute approximate surface area is 181 Å². The number of nitrogens with zero attached hydrogens (tertiary/aromatic N) is 3. The van der Waals surface area contributed by atoms with Crippen molar-refractivity contribution in [2.24, 2.45) is 0 Å². The largest absolute Gasteiger partial charge is 0.497 e. The van der Waals surface area contributed by atoms with E-state index in [1.807, 2.05) is 35.2 Å². The Hall–Kier alpha value is -3.06. The first kappa shape index (κ1) is 19.9. The summed E-state index contributed by atoms with van der Waals surface area (Å²) < 4.78 is 19.4. The second kappa shape index (κ2) is 8.23. The highest BCUT2D eigenvalue weighted by Crippen LogP contribution is 2.30. The summed E-state index contributed by atoms with van der Waals surface area (Å²) in [5, 5.41) is 1.13. The van der Waals surface area contributed by atoms with Crippen LogP contribution in [0.15, 0.2) is 42.5 Å². The number of aromatic amines is 1. The van der Waals surface area contributed by atoms with Crippen LogP contribution in [0.3, 0.4) is 0 Å². The van der Waals surface area contributed by atoms with Crippen molar-refractivity contribution in [1.29, 1.82) is 0 Å². The maximum atomic E-state index is 14.1. The highest BCUT2D eigenvalue weighted by molar-refractivity contribution is 5.87. The number of H-pyrrole nitrogens is 1. The summed E-state index contributed by atoms with van der Waals surface area (Å²) in [6.07, 6.45) is 0.832. The number of methoxy groups -OCH3 is 1. The third kappa shape index (κ3) is 3.85. The first-order chi connectivity index (χ1) is 15.1. The second-order valence-electron chi connectivity index (χ2n) is 8.27. The van der Waals surface area contributed by atoms with Crippen LogP contribution in [-0.4, -0.2) is 67.1 Å². The van der Waals surface area contributed by atoms with E-state index in [2.05, 4.69) is 14.8 Å². The van der Waals surface area contributed by atoms with Gasteiger partial charge in [-0.3, -0.25) is 9.69 Å². The summed E-state index contributed by atoms with van der Waals surface area (Å²) >= 11 is 0. The zero-order chi connectivity index (χ0) is 21.4. The second-order valence-corrected chi connectivity index (χ2v) is 8.27. The quantitative estimate of drug-likeness (QED) is 0.702. The Morgan fingerprint density at radius 3 is 2.68 bits per heavy atom. The molecule has 2 aliphatic heterocycles. The van der Waals surface area contributed by atoms with Crippen LogP contribution >= 0.6 is 0 Å². The van der Waals surface area contributed by atoms with E-state index in [-0.39, 0.29) is 11.7 Å². The van der Waals surface area contributed by atoms with Crippen LogP contribution in [-0.2, 0) is 17.8 Å². The van der Waals surface area contributed by atoms with E-state index in [1.165, 1.54) is 17.3 Å². The van der Waals surface area contributed by atoms with Crippen molar-refractivity contribution < 1.29 is 13.9 Å². The number of para-hydroxylation sites is 1. The summed E-state index contributed by atoms with van der Waals surface area (Å²) in [5.41, 5.74) is 4.14. The molecule has 1 aromatic heterocycles. The van der Waals surface area contributed by atoms with Gasteiger partial charge in [-0.05, 0) is 30.3 Å². The molecule has 0 atom stereocenters. The molecule has 7 heteroatoms. The molecule has 1 N–H and O–H groups in total. The van der Waals surface area contributed by atoms with Gasteiger partial charge in [-0.15, -0.1) is 0 Å². The van der Waals surface area contributed by atoms with Crippen molar-refractivity contribution in [2.75, 3.05) is 51.3 Å². The Bertz CT molecular complexity index is 1100. The van der Waals surface area contributed by atoms with E-state index < -0.39 is 0 Å². The number of nitrogens with one attached hydrogen (secondary N) is 1. The van der Waals surface area contributed by atoms with Crippen LogP contribution in [0.5, 0.6) is 5.75 Å². The van der Waals surface area contributed by atoms with E-state index in [1.54, 1.807) is 13.2 Å². The van der Waals surface area contributed by atoms with Crippen molar-refractivity contribution in [3.05, 3.63) is 59.5 Å². The smallest absolute Gasteiger partial charge is 0.237 e. The molecule has 3 aromatic rings. The minimum Gasteiger partial charge on any atom is -0.497 e. The Morgan fingerprint density at radius 2 is 1.90 bits per heavy atom. The standard InChI is InChI=1S/C24H27FN4O2/c1-31-17-6-7-21-18(14-17)19-15-29(9-8-22(19)26-21)24(30)16-27-10-12-28(13-11-27)23-5-3-2-4-20(23)25/h2-7,14,26H,8-13,15-16H2,1H3. The molecule has 1 amide bonds. The third-order valence-corrected chi connectivity index (χ3v) is 6.46. The number of amides is 1. The van der Waals surface area contributed by atoms with Crippen molar-refractivity contribution in [3.63, 3.8) is 0 Å². The molecular formula is C24H27FN4O2. The number of hydrogen-bond acceptors (Lipinski definition) is 4. The van der Waals surface area contributed by atoms with E-state index in [9.17, 15) is 9.18 Å². The zero-order valence-electron chi connectivity index (χ0n) is 17.7. The SMILES string of the molecule is COc1ccc2[nH]c3c(c2c1)CN(C(=O)CN1CCN(c2ccccc2F)CC1)CC3. The molecule has 0 unspecified atom stereocenters. The number of carbonyl (C=O) groups excluding carboxylic acids is 1. The van der Waals surface area contributed by atoms with Crippen LogP contribution < -0.4 is 9.64 Å². The van der Waals surface area contributed by atoms with Crippen molar-refractivity contribution >= 4 is 22.5 Å². The highest BCUT2D eigenvalue weighted by Gasteiger charge is 2.27. The van der Waals surface area contributed by atoms with Gasteiger partial charge in [-0.1, -0.05) is 12.1 Å². The molecular weight excluding hydrogens is 395 g/mol. The third-order valence-electron chi connectivity index (χ3n) is 6.46. The molecule has 0 radical (unpaired) electrons. The average molecular weight is 423 g/mol. The number of halogens is 1. The molecule has 2 aliphatic rings. The van der Waals surface area contributed by atoms with E-state index in [0.717, 1.165) is 55.8 Å². The van der Waals surface area contributed by atoms with Gasteiger partial charge in [0.2, 0.25) is 5.91 Å². The summed E-state index contributed by atoms with van der Waals surface area (Å²) in [5.74, 6) is 0.791. The fourth-order valence-electron chi connectivity index (χ4n) is 4.68. The molecule has 0 aliphatic carbocycles. The number of fused-ring (bicyclic) bond motifs is 3. The summed E-state index contributed by atoms with van der Waals surface area (Å²) in [4.78, 5) is 22.7. The van der Waals surface area contributed by atoms with Gasteiger partial charge in [0, 0.05) is 67.8 Å². The lowest BCUT2D eigenvalue weighted by Gasteiger charge is -2.37. The van der Waals surface area contributed by atoms with Gasteiger partial charge in [0.25, 0.3) is 0 Å². The number of ether oxygens (including phenoxy) is 1. The predicted molar refractivity (Wildman–Crippen MR) is 119 cm³/mol. The van der Waals surface area contributed by atoms with Crippen molar-refractivity contribution in [2.45, 2.75) is 13.0 Å². The lowest BCUT2D eigenvalue weighted by atomic mass is 10.0. The molecule has 31 heavy (non-hydrogen) atoms. The molecule has 162 valence electrons. The Balaban J connectivity index is 1.22. The van der Waals surface area contributed by atoms with Gasteiger partial charge in [0.05, 0.1) is 19.3 Å². The zero-order valence-corrected chi connectivity index (χ0v) is 17.7. The van der Waals surface area contributed by atoms with Gasteiger partial charge in [-0.2, -0.15) is 0 Å². The number of anilines is 1. The van der Waals surface area contributed by atoms with Crippen molar-refractivity contribution in [3.8, 4) is 5.75 Å².